The van der Waals surface area contributed by atoms with E-state index in [9.17, 15) is 4.79 Å². The second kappa shape index (κ2) is 10.6. The lowest BCUT2D eigenvalue weighted by molar-refractivity contribution is 0.159. The third-order valence-electron chi connectivity index (χ3n) is 6.55. The van der Waals surface area contributed by atoms with Gasteiger partial charge in [0, 0.05) is 44.1 Å². The van der Waals surface area contributed by atoms with Gasteiger partial charge in [0.15, 0.2) is 0 Å². The van der Waals surface area contributed by atoms with E-state index in [1.165, 1.54) is 11.1 Å². The molecule has 2 aromatic carbocycles. The number of rotatable bonds is 7. The van der Waals surface area contributed by atoms with Crippen LogP contribution in [0.15, 0.2) is 60.7 Å². The Balaban J connectivity index is 1.54. The molecule has 0 radical (unpaired) electrons. The number of amides is 2. The number of carbonyl (C=O) groups excluding carboxylic acids is 1. The third-order valence-corrected chi connectivity index (χ3v) is 6.55. The van der Waals surface area contributed by atoms with Crippen molar-refractivity contribution in [2.75, 3.05) is 38.7 Å². The first-order valence-electron chi connectivity index (χ1n) is 12.3. The second-order valence-corrected chi connectivity index (χ2v) is 10.4. The number of hydrogen-bond donors (Lipinski definition) is 2. The predicted molar refractivity (Wildman–Crippen MR) is 140 cm³/mol. The van der Waals surface area contributed by atoms with Gasteiger partial charge in [0.2, 0.25) is 0 Å². The van der Waals surface area contributed by atoms with Gasteiger partial charge >= 0.3 is 6.03 Å². The lowest BCUT2D eigenvalue weighted by atomic mass is 9.92. The first kappa shape index (κ1) is 24.9. The van der Waals surface area contributed by atoms with Gasteiger partial charge in [-0.3, -0.25) is 10.2 Å². The first-order chi connectivity index (χ1) is 16.7. The molecule has 1 saturated heterocycles. The summed E-state index contributed by atoms with van der Waals surface area (Å²) in [6.07, 6.45) is 0. The number of nitrogens with zero attached hydrogens (tertiary/aromatic N) is 3. The van der Waals surface area contributed by atoms with Crippen LogP contribution in [0.25, 0.3) is 5.69 Å². The van der Waals surface area contributed by atoms with Crippen molar-refractivity contribution in [3.05, 3.63) is 77.5 Å². The van der Waals surface area contributed by atoms with E-state index in [-0.39, 0.29) is 23.4 Å². The van der Waals surface area contributed by atoms with E-state index >= 15 is 0 Å². The van der Waals surface area contributed by atoms with Gasteiger partial charge in [-0.25, -0.2) is 9.48 Å². The Morgan fingerprint density at radius 2 is 1.80 bits per heavy atom. The Kier molecular flexibility index (Phi) is 7.57. The number of hydrogen-bond acceptors (Lipinski definition) is 4. The fourth-order valence-corrected chi connectivity index (χ4v) is 4.51. The Labute approximate surface area is 208 Å². The zero-order chi connectivity index (χ0) is 25.0. The minimum absolute atomic E-state index is 0.00733. The topological polar surface area (TPSA) is 71.4 Å². The van der Waals surface area contributed by atoms with Crippen molar-refractivity contribution in [3.8, 4) is 5.69 Å². The molecule has 1 aliphatic heterocycles. The molecular formula is C28H37N5O2. The third kappa shape index (κ3) is 6.10. The number of urea groups is 1. The molecule has 1 aliphatic rings. The summed E-state index contributed by atoms with van der Waals surface area (Å²) in [6, 6.07) is 20.3. The van der Waals surface area contributed by atoms with Crippen LogP contribution in [0.4, 0.5) is 10.6 Å². The monoisotopic (exact) mass is 475 g/mol. The van der Waals surface area contributed by atoms with E-state index in [4.69, 9.17) is 9.84 Å². The maximum absolute atomic E-state index is 13.3. The Morgan fingerprint density at radius 3 is 2.46 bits per heavy atom. The lowest BCUT2D eigenvalue weighted by Gasteiger charge is -2.20. The van der Waals surface area contributed by atoms with Gasteiger partial charge in [0.1, 0.15) is 5.82 Å². The van der Waals surface area contributed by atoms with Crippen molar-refractivity contribution in [3.63, 3.8) is 0 Å². The molecule has 7 heteroatoms. The van der Waals surface area contributed by atoms with E-state index < -0.39 is 0 Å². The van der Waals surface area contributed by atoms with Gasteiger partial charge in [-0.1, -0.05) is 68.8 Å². The standard InChI is InChI=1S/C28H37N5O2/c1-20-11-13-22(14-12-20)33-26(17-25(31-33)28(2,3)4)30-27(34)29-24-19-32(15-16-35-5)18-23(24)21-9-7-6-8-10-21/h6-14,17,23-24H,15-16,18-19H2,1-5H3,(H2,29,30,34). The summed E-state index contributed by atoms with van der Waals surface area (Å²) < 4.78 is 7.09. The van der Waals surface area contributed by atoms with Crippen LogP contribution in [0.5, 0.6) is 0 Å². The van der Waals surface area contributed by atoms with E-state index in [2.05, 4.69) is 79.6 Å². The molecule has 3 aromatic rings. The molecule has 2 atom stereocenters. The van der Waals surface area contributed by atoms with Gasteiger partial charge in [-0.2, -0.15) is 5.10 Å². The number of aromatic nitrogens is 2. The molecule has 0 aliphatic carbocycles. The van der Waals surface area contributed by atoms with Crippen molar-refractivity contribution in [2.24, 2.45) is 0 Å². The fraction of sp³-hybridized carbons (Fsp3) is 0.429. The lowest BCUT2D eigenvalue weighted by Crippen LogP contribution is -2.42. The average molecular weight is 476 g/mol. The largest absolute Gasteiger partial charge is 0.383 e. The number of carbonyl (C=O) groups is 1. The summed E-state index contributed by atoms with van der Waals surface area (Å²) in [7, 11) is 1.72. The van der Waals surface area contributed by atoms with Crippen LogP contribution >= 0.6 is 0 Å². The van der Waals surface area contributed by atoms with Gasteiger partial charge in [0.25, 0.3) is 0 Å². The Morgan fingerprint density at radius 1 is 1.09 bits per heavy atom. The number of ether oxygens (including phenoxy) is 1. The van der Waals surface area contributed by atoms with Gasteiger partial charge in [-0.05, 0) is 24.6 Å². The molecule has 2 N–H and O–H groups in total. The summed E-state index contributed by atoms with van der Waals surface area (Å²) in [6.45, 7) is 11.6. The smallest absolute Gasteiger partial charge is 0.320 e. The number of benzene rings is 2. The molecule has 0 spiro atoms. The van der Waals surface area contributed by atoms with Crippen LogP contribution in [0.1, 0.15) is 43.5 Å². The van der Waals surface area contributed by atoms with Crippen molar-refractivity contribution in [2.45, 2.75) is 45.1 Å². The highest BCUT2D eigenvalue weighted by atomic mass is 16.5. The maximum atomic E-state index is 13.3. The molecule has 0 bridgehead atoms. The maximum Gasteiger partial charge on any atom is 0.320 e. The second-order valence-electron chi connectivity index (χ2n) is 10.4. The van der Waals surface area contributed by atoms with Crippen molar-refractivity contribution in [1.82, 2.24) is 20.0 Å². The van der Waals surface area contributed by atoms with Gasteiger partial charge < -0.3 is 10.1 Å². The normalized spacial score (nSPS) is 18.5. The van der Waals surface area contributed by atoms with Crippen LogP contribution in [0.3, 0.4) is 0 Å². The van der Waals surface area contributed by atoms with Gasteiger partial charge in [0.05, 0.1) is 24.0 Å². The summed E-state index contributed by atoms with van der Waals surface area (Å²) in [5.74, 6) is 0.868. The molecule has 35 heavy (non-hydrogen) atoms. The highest BCUT2D eigenvalue weighted by molar-refractivity contribution is 5.89. The van der Waals surface area contributed by atoms with Crippen molar-refractivity contribution >= 4 is 11.8 Å². The molecule has 2 amide bonds. The van der Waals surface area contributed by atoms with Crippen LogP contribution < -0.4 is 10.6 Å². The summed E-state index contributed by atoms with van der Waals surface area (Å²) in [5, 5.41) is 11.2. The molecule has 7 nitrogen and oxygen atoms in total. The average Bonchev–Trinajstić information content (AvgIpc) is 3.43. The van der Waals surface area contributed by atoms with E-state index in [1.54, 1.807) is 7.11 Å². The molecule has 1 fully saturated rings. The zero-order valence-corrected chi connectivity index (χ0v) is 21.4. The quantitative estimate of drug-likeness (QED) is 0.519. The number of likely N-dealkylation sites (tertiary alicyclic amines) is 1. The van der Waals surface area contributed by atoms with Gasteiger partial charge in [-0.15, -0.1) is 0 Å². The van der Waals surface area contributed by atoms with Crippen LogP contribution in [-0.4, -0.2) is 60.1 Å². The minimum Gasteiger partial charge on any atom is -0.383 e. The van der Waals surface area contributed by atoms with Crippen LogP contribution in [-0.2, 0) is 10.2 Å². The summed E-state index contributed by atoms with van der Waals surface area (Å²) >= 11 is 0. The zero-order valence-electron chi connectivity index (χ0n) is 21.4. The first-order valence-corrected chi connectivity index (χ1v) is 12.3. The molecular weight excluding hydrogens is 438 g/mol. The number of nitrogens with one attached hydrogen (secondary N) is 2. The molecule has 2 heterocycles. The SMILES string of the molecule is COCCN1CC(NC(=O)Nc2cc(C(C)(C)C)nn2-c2ccc(C)cc2)C(c2ccccc2)C1. The van der Waals surface area contributed by atoms with Crippen LogP contribution in [0.2, 0.25) is 0 Å². The molecule has 4 rings (SSSR count). The molecule has 2 unspecified atom stereocenters. The molecule has 186 valence electrons. The Bertz CT molecular complexity index is 1120. The summed E-state index contributed by atoms with van der Waals surface area (Å²) in [4.78, 5) is 15.6. The van der Waals surface area contributed by atoms with Crippen LogP contribution in [0, 0.1) is 6.92 Å². The predicted octanol–water partition coefficient (Wildman–Crippen LogP) is 4.71. The Hall–Kier alpha value is -3.16. The summed E-state index contributed by atoms with van der Waals surface area (Å²) in [5.41, 5.74) is 4.10. The van der Waals surface area contributed by atoms with Crippen molar-refractivity contribution < 1.29 is 9.53 Å². The van der Waals surface area contributed by atoms with E-state index in [0.29, 0.717) is 12.4 Å². The fourth-order valence-electron chi connectivity index (χ4n) is 4.51. The number of methoxy groups -OCH3 is 1. The number of aryl methyl sites for hydroxylation is 1. The molecule has 1 aromatic heterocycles. The van der Waals surface area contributed by atoms with E-state index in [0.717, 1.165) is 31.0 Å². The number of anilines is 1. The highest BCUT2D eigenvalue weighted by Gasteiger charge is 2.34. The van der Waals surface area contributed by atoms with Crippen molar-refractivity contribution in [1.29, 1.82) is 0 Å². The van der Waals surface area contributed by atoms with E-state index in [1.807, 2.05) is 28.9 Å². The highest BCUT2D eigenvalue weighted by Crippen LogP contribution is 2.29. The minimum atomic E-state index is -0.224. The molecule has 0 saturated carbocycles.